The molecule has 0 amide bonds. The molecule has 0 aromatic carbocycles. The Balaban J connectivity index is 4.36. The minimum Gasteiger partial charge on any atom is -0.368 e. The van der Waals surface area contributed by atoms with Crippen LogP contribution in [0.3, 0.4) is 0 Å². The Labute approximate surface area is 110 Å². The molecule has 0 aromatic heterocycles. The second-order valence-corrected chi connectivity index (χ2v) is 3.94. The first-order valence-electron chi connectivity index (χ1n) is 5.78. The van der Waals surface area contributed by atoms with Gasteiger partial charge in [0.2, 0.25) is 0 Å². The van der Waals surface area contributed by atoms with Crippen LogP contribution in [0.25, 0.3) is 0 Å². The molecule has 0 unspecified atom stereocenters. The van der Waals surface area contributed by atoms with Crippen LogP contribution in [0.2, 0.25) is 0 Å². The van der Waals surface area contributed by atoms with Gasteiger partial charge in [-0.3, -0.25) is 0 Å². The van der Waals surface area contributed by atoms with Crippen molar-refractivity contribution in [1.29, 1.82) is 0 Å². The van der Waals surface area contributed by atoms with E-state index in [1.165, 1.54) is 0 Å². The second-order valence-electron chi connectivity index (χ2n) is 3.94. The summed E-state index contributed by atoms with van der Waals surface area (Å²) in [5.41, 5.74) is -0.259. The fourth-order valence-corrected chi connectivity index (χ4v) is 1.41. The molecule has 18 heavy (non-hydrogen) atoms. The van der Waals surface area contributed by atoms with Gasteiger partial charge in [-0.2, -0.15) is 0 Å². The zero-order valence-electron chi connectivity index (χ0n) is 10.9. The molecular weight excluding hydrogens is 228 g/mol. The third-order valence-corrected chi connectivity index (χ3v) is 2.53. The molecule has 0 saturated carbocycles. The fourth-order valence-electron chi connectivity index (χ4n) is 1.41. The molecular formula is C15H20O3. The van der Waals surface area contributed by atoms with Gasteiger partial charge in [-0.25, -0.2) is 0 Å². The van der Waals surface area contributed by atoms with Crippen molar-refractivity contribution >= 4 is 0 Å². The fraction of sp³-hybridized carbons (Fsp3) is 0.600. The normalized spacial score (nSPS) is 10.3. The van der Waals surface area contributed by atoms with Crippen LogP contribution in [-0.4, -0.2) is 39.6 Å². The molecule has 0 aromatic rings. The lowest BCUT2D eigenvalue weighted by Gasteiger charge is -2.31. The first-order chi connectivity index (χ1) is 8.74. The van der Waals surface area contributed by atoms with Crippen molar-refractivity contribution in [3.8, 4) is 37.0 Å². The molecule has 0 atom stereocenters. The van der Waals surface area contributed by atoms with Crippen LogP contribution < -0.4 is 0 Å². The highest BCUT2D eigenvalue weighted by Gasteiger charge is 2.29. The van der Waals surface area contributed by atoms with Gasteiger partial charge in [0, 0.05) is 5.41 Å². The molecule has 0 radical (unpaired) electrons. The Morgan fingerprint density at radius 2 is 1.11 bits per heavy atom. The molecule has 0 aliphatic heterocycles. The summed E-state index contributed by atoms with van der Waals surface area (Å²) < 4.78 is 16.2. The Morgan fingerprint density at radius 1 is 0.778 bits per heavy atom. The predicted molar refractivity (Wildman–Crippen MR) is 71.7 cm³/mol. The summed E-state index contributed by atoms with van der Waals surface area (Å²) in [6.07, 6.45) is 16.3. The molecule has 3 heteroatoms. The second kappa shape index (κ2) is 10.7. The first kappa shape index (κ1) is 16.6. The maximum atomic E-state index is 5.40. The molecule has 0 bridgehead atoms. The van der Waals surface area contributed by atoms with Gasteiger partial charge in [0.05, 0.1) is 19.8 Å². The van der Waals surface area contributed by atoms with Crippen LogP contribution in [0.4, 0.5) is 0 Å². The van der Waals surface area contributed by atoms with E-state index in [-0.39, 0.29) is 25.2 Å². The maximum Gasteiger partial charge on any atom is 0.107 e. The number of rotatable bonds is 10. The predicted octanol–water partition coefficient (Wildman–Crippen LogP) is 1.33. The van der Waals surface area contributed by atoms with Gasteiger partial charge in [-0.1, -0.05) is 24.7 Å². The maximum absolute atomic E-state index is 5.40. The lowest BCUT2D eigenvalue weighted by Crippen LogP contribution is -2.37. The summed E-state index contributed by atoms with van der Waals surface area (Å²) in [6, 6.07) is 0. The zero-order chi connectivity index (χ0) is 13.7. The van der Waals surface area contributed by atoms with Crippen LogP contribution in [0.1, 0.15) is 13.3 Å². The van der Waals surface area contributed by atoms with Crippen molar-refractivity contribution in [2.45, 2.75) is 13.3 Å². The zero-order valence-corrected chi connectivity index (χ0v) is 10.9. The summed E-state index contributed by atoms with van der Waals surface area (Å²) in [7, 11) is 0. The van der Waals surface area contributed by atoms with E-state index >= 15 is 0 Å². The summed E-state index contributed by atoms with van der Waals surface area (Å²) in [4.78, 5) is 0. The third kappa shape index (κ3) is 7.00. The van der Waals surface area contributed by atoms with Crippen molar-refractivity contribution in [2.24, 2.45) is 5.41 Å². The van der Waals surface area contributed by atoms with Crippen LogP contribution in [0.15, 0.2) is 0 Å². The molecule has 0 saturated heterocycles. The minimum atomic E-state index is -0.259. The lowest BCUT2D eigenvalue weighted by atomic mass is 9.88. The smallest absolute Gasteiger partial charge is 0.107 e. The van der Waals surface area contributed by atoms with E-state index in [2.05, 4.69) is 17.8 Å². The Hall–Kier alpha value is -1.44. The molecule has 3 nitrogen and oxygen atoms in total. The van der Waals surface area contributed by atoms with Gasteiger partial charge >= 0.3 is 0 Å². The molecule has 0 aliphatic carbocycles. The van der Waals surface area contributed by atoms with Gasteiger partial charge in [-0.15, -0.1) is 19.3 Å². The van der Waals surface area contributed by atoms with E-state index in [9.17, 15) is 0 Å². The van der Waals surface area contributed by atoms with Gasteiger partial charge in [0.15, 0.2) is 0 Å². The van der Waals surface area contributed by atoms with Gasteiger partial charge < -0.3 is 14.2 Å². The summed E-state index contributed by atoms with van der Waals surface area (Å²) in [5, 5.41) is 0. The summed E-state index contributed by atoms with van der Waals surface area (Å²) >= 11 is 0. The van der Waals surface area contributed by atoms with Crippen LogP contribution in [-0.2, 0) is 14.2 Å². The average Bonchev–Trinajstić information content (AvgIpc) is 2.39. The largest absolute Gasteiger partial charge is 0.368 e. The molecule has 98 valence electrons. The molecule has 0 N–H and O–H groups in total. The Kier molecular flexibility index (Phi) is 9.84. The van der Waals surface area contributed by atoms with Crippen molar-refractivity contribution in [3.63, 3.8) is 0 Å². The van der Waals surface area contributed by atoms with E-state index in [1.807, 2.05) is 6.92 Å². The van der Waals surface area contributed by atoms with E-state index in [0.29, 0.717) is 19.8 Å². The SMILES string of the molecule is C#CCOCC(CC)(COCC#C)COCC#C. The lowest BCUT2D eigenvalue weighted by molar-refractivity contribution is -0.0564. The summed E-state index contributed by atoms with van der Waals surface area (Å²) in [5.74, 6) is 7.29. The first-order valence-corrected chi connectivity index (χ1v) is 5.78. The van der Waals surface area contributed by atoms with Crippen molar-refractivity contribution < 1.29 is 14.2 Å². The van der Waals surface area contributed by atoms with E-state index in [1.54, 1.807) is 0 Å². The van der Waals surface area contributed by atoms with Crippen molar-refractivity contribution in [2.75, 3.05) is 39.6 Å². The highest BCUT2D eigenvalue weighted by atomic mass is 16.5. The van der Waals surface area contributed by atoms with Gasteiger partial charge in [-0.05, 0) is 6.42 Å². The highest BCUT2D eigenvalue weighted by molar-refractivity contribution is 4.87. The standard InChI is InChI=1S/C15H20O3/c1-5-9-16-12-15(8-4,13-17-10-6-2)14-18-11-7-3/h1-3H,8-14H2,4H3. The van der Waals surface area contributed by atoms with Crippen molar-refractivity contribution in [1.82, 2.24) is 0 Å². The Morgan fingerprint density at radius 3 is 1.33 bits per heavy atom. The quantitative estimate of drug-likeness (QED) is 0.431. The molecule has 0 spiro atoms. The molecule has 0 heterocycles. The molecule has 0 rings (SSSR count). The highest BCUT2D eigenvalue weighted by Crippen LogP contribution is 2.23. The van der Waals surface area contributed by atoms with Crippen molar-refractivity contribution in [3.05, 3.63) is 0 Å². The summed E-state index contributed by atoms with van der Waals surface area (Å²) in [6.45, 7) is 4.23. The molecule has 0 aliphatic rings. The number of hydrogen-bond donors (Lipinski definition) is 0. The number of ether oxygens (including phenoxy) is 3. The minimum absolute atomic E-state index is 0.259. The molecule has 0 fully saturated rings. The average molecular weight is 248 g/mol. The van der Waals surface area contributed by atoms with E-state index in [0.717, 1.165) is 6.42 Å². The number of hydrogen-bond acceptors (Lipinski definition) is 3. The monoisotopic (exact) mass is 248 g/mol. The topological polar surface area (TPSA) is 27.7 Å². The van der Waals surface area contributed by atoms with Crippen LogP contribution >= 0.6 is 0 Å². The Bertz CT molecular complexity index is 277. The van der Waals surface area contributed by atoms with Crippen LogP contribution in [0, 0.1) is 42.4 Å². The van der Waals surface area contributed by atoms with Gasteiger partial charge in [0.1, 0.15) is 19.8 Å². The number of terminal acetylenes is 3. The van der Waals surface area contributed by atoms with E-state index < -0.39 is 0 Å². The van der Waals surface area contributed by atoms with E-state index in [4.69, 9.17) is 33.5 Å². The van der Waals surface area contributed by atoms with Crippen LogP contribution in [0.5, 0.6) is 0 Å². The third-order valence-electron chi connectivity index (χ3n) is 2.53. The van der Waals surface area contributed by atoms with Gasteiger partial charge in [0.25, 0.3) is 0 Å².